The Morgan fingerprint density at radius 2 is 1.71 bits per heavy atom. The third-order valence-corrected chi connectivity index (χ3v) is 8.98. The number of halogens is 3. The molecule has 244 valence electrons. The van der Waals surface area contributed by atoms with Gasteiger partial charge in [0, 0.05) is 47.5 Å². The zero-order valence-corrected chi connectivity index (χ0v) is 27.5. The van der Waals surface area contributed by atoms with Crippen molar-refractivity contribution in [2.75, 3.05) is 13.7 Å². The van der Waals surface area contributed by atoms with Crippen LogP contribution in [-0.2, 0) is 16.1 Å². The Morgan fingerprint density at radius 3 is 2.40 bits per heavy atom. The van der Waals surface area contributed by atoms with Crippen LogP contribution in [0.15, 0.2) is 71.7 Å². The Balaban J connectivity index is 1.25. The molecule has 0 radical (unpaired) electrons. The number of ether oxygens (including phenoxy) is 2. The maximum absolute atomic E-state index is 12.6. The number of amides is 2. The first-order valence-electron chi connectivity index (χ1n) is 14.7. The van der Waals surface area contributed by atoms with Gasteiger partial charge in [0.1, 0.15) is 23.0 Å². The third-order valence-electron chi connectivity index (χ3n) is 7.88. The fourth-order valence-electron chi connectivity index (χ4n) is 5.43. The summed E-state index contributed by atoms with van der Waals surface area (Å²) in [6.45, 7) is 0.193. The molecule has 2 amide bonds. The van der Waals surface area contributed by atoms with Gasteiger partial charge in [-0.1, -0.05) is 71.2 Å². The first kappa shape index (κ1) is 33.0. The number of pyridine rings is 2. The van der Waals surface area contributed by atoms with Crippen molar-refractivity contribution in [2.24, 2.45) is 0 Å². The van der Waals surface area contributed by atoms with Crippen molar-refractivity contribution in [1.82, 2.24) is 25.0 Å². The summed E-state index contributed by atoms with van der Waals surface area (Å²) in [6.07, 6.45) is 2.37. The number of carbonyl (C=O) groups is 3. The first-order valence-corrected chi connectivity index (χ1v) is 15.8. The molecule has 1 atom stereocenters. The van der Waals surface area contributed by atoms with Crippen LogP contribution in [0.4, 0.5) is 4.79 Å². The lowest BCUT2D eigenvalue weighted by Gasteiger charge is -2.15. The number of carbonyl (C=O) groups excluding carboxylic acids is 3. The van der Waals surface area contributed by atoms with E-state index in [0.717, 1.165) is 0 Å². The molecule has 1 aliphatic rings. The molecule has 0 aliphatic carbocycles. The second-order valence-corrected chi connectivity index (χ2v) is 12.0. The van der Waals surface area contributed by atoms with Crippen molar-refractivity contribution < 1.29 is 23.9 Å². The largest absolute Gasteiger partial charge is 0.481 e. The number of hydrogen-bond acceptors (Lipinski definition) is 8. The molecule has 11 nitrogen and oxygen atoms in total. The van der Waals surface area contributed by atoms with Gasteiger partial charge in [-0.15, -0.1) is 0 Å². The zero-order valence-electron chi connectivity index (χ0n) is 25.3. The van der Waals surface area contributed by atoms with Crippen molar-refractivity contribution in [3.63, 3.8) is 0 Å². The molecule has 1 saturated heterocycles. The van der Waals surface area contributed by atoms with Gasteiger partial charge in [-0.25, -0.2) is 14.8 Å². The van der Waals surface area contributed by atoms with Crippen molar-refractivity contribution in [2.45, 2.75) is 25.5 Å². The molecule has 2 aromatic carbocycles. The maximum atomic E-state index is 12.6. The number of nitrogens with zero attached hydrogens (tertiary/aromatic N) is 3. The van der Waals surface area contributed by atoms with Crippen molar-refractivity contribution in [3.8, 4) is 39.4 Å². The molecule has 2 N–H and O–H groups in total. The van der Waals surface area contributed by atoms with Crippen LogP contribution in [0.1, 0.15) is 28.8 Å². The Labute approximate surface area is 288 Å². The highest BCUT2D eigenvalue weighted by Crippen LogP contribution is 2.42. The predicted molar refractivity (Wildman–Crippen MR) is 182 cm³/mol. The minimum Gasteiger partial charge on any atom is -0.481 e. The summed E-state index contributed by atoms with van der Waals surface area (Å²) in [7, 11) is 1.47. The number of nitrogens with one attached hydrogen (secondary N) is 2. The quantitative estimate of drug-likeness (QED) is 0.133. The Kier molecular flexibility index (Phi) is 9.63. The molecule has 5 aromatic rings. The smallest absolute Gasteiger partial charge is 0.407 e. The van der Waals surface area contributed by atoms with Gasteiger partial charge in [-0.3, -0.25) is 18.8 Å². The highest BCUT2D eigenvalue weighted by Gasteiger charge is 2.22. The van der Waals surface area contributed by atoms with Gasteiger partial charge in [0.2, 0.25) is 11.8 Å². The predicted octanol–water partition coefficient (Wildman–Crippen LogP) is 6.38. The Bertz CT molecular complexity index is 2160. The Morgan fingerprint density at radius 1 is 1.00 bits per heavy atom. The number of fused-ring (bicyclic) bond motifs is 1. The third kappa shape index (κ3) is 6.57. The van der Waals surface area contributed by atoms with Gasteiger partial charge < -0.3 is 20.1 Å². The summed E-state index contributed by atoms with van der Waals surface area (Å²) < 4.78 is 12.1. The van der Waals surface area contributed by atoms with Gasteiger partial charge in [0.25, 0.3) is 5.56 Å². The van der Waals surface area contributed by atoms with Crippen LogP contribution >= 0.6 is 34.8 Å². The standard InChI is InChI=1S/C34H26Cl3N5O6/c1-47-32-19(17-48-34(46)38-15-20-9-11-28(44)39-20)8-10-26(40-32)24-7-3-6-23(30(24)36)22-5-2-4-21(29(22)35)18-12-13-42-27(14-18)41-31(37)25(16-43)33(42)45/h2-8,10,12-14,16,20H,9,11,15,17H2,1H3,(H,38,46)(H,39,44). The van der Waals surface area contributed by atoms with Crippen molar-refractivity contribution in [1.29, 1.82) is 0 Å². The molecule has 0 bridgehead atoms. The van der Waals surface area contributed by atoms with Gasteiger partial charge >= 0.3 is 6.09 Å². The lowest BCUT2D eigenvalue weighted by molar-refractivity contribution is -0.119. The number of alkyl carbamates (subject to hydrolysis) is 1. The molecule has 3 aromatic heterocycles. The number of hydrogen-bond donors (Lipinski definition) is 2. The van der Waals surface area contributed by atoms with E-state index >= 15 is 0 Å². The van der Waals surface area contributed by atoms with Crippen LogP contribution in [0.25, 0.3) is 39.2 Å². The molecule has 6 rings (SSSR count). The molecule has 48 heavy (non-hydrogen) atoms. The molecule has 1 unspecified atom stereocenters. The van der Waals surface area contributed by atoms with Crippen LogP contribution in [-0.4, -0.2) is 52.4 Å². The topological polar surface area (TPSA) is 141 Å². The summed E-state index contributed by atoms with van der Waals surface area (Å²) in [4.78, 5) is 56.4. The second kappa shape index (κ2) is 14.0. The number of benzene rings is 2. The van der Waals surface area contributed by atoms with Crippen LogP contribution in [0.5, 0.6) is 5.88 Å². The van der Waals surface area contributed by atoms with E-state index in [2.05, 4.69) is 20.6 Å². The van der Waals surface area contributed by atoms with E-state index in [1.54, 1.807) is 24.3 Å². The van der Waals surface area contributed by atoms with E-state index in [4.69, 9.17) is 44.3 Å². The van der Waals surface area contributed by atoms with Gasteiger partial charge in [-0.05, 0) is 36.2 Å². The van der Waals surface area contributed by atoms with Crippen molar-refractivity contribution in [3.05, 3.63) is 104 Å². The minimum absolute atomic E-state index is 0.0327. The molecular weight excluding hydrogens is 681 g/mol. The van der Waals surface area contributed by atoms with E-state index < -0.39 is 11.7 Å². The normalized spacial score (nSPS) is 14.1. The average Bonchev–Trinajstić information content (AvgIpc) is 3.51. The summed E-state index contributed by atoms with van der Waals surface area (Å²) in [5, 5.41) is 6.06. The van der Waals surface area contributed by atoms with E-state index in [0.29, 0.717) is 68.2 Å². The fraction of sp³-hybridized carbons (Fsp3) is 0.176. The number of rotatable bonds is 9. The van der Waals surface area contributed by atoms with Gasteiger partial charge in [-0.2, -0.15) is 0 Å². The van der Waals surface area contributed by atoms with E-state index in [1.807, 2.05) is 36.4 Å². The number of aldehydes is 1. The van der Waals surface area contributed by atoms with Crippen LogP contribution < -0.4 is 20.9 Å². The molecule has 1 fully saturated rings. The average molecular weight is 707 g/mol. The number of aromatic nitrogens is 3. The highest BCUT2D eigenvalue weighted by molar-refractivity contribution is 6.39. The molecule has 1 aliphatic heterocycles. The SMILES string of the molecule is COc1nc(-c2cccc(-c3cccc(-c4ccn5c(=O)c(C=O)c(Cl)nc5c4)c3Cl)c2Cl)ccc1COC(=O)NCC1CCC(=O)N1. The number of methoxy groups -OCH3 is 1. The highest BCUT2D eigenvalue weighted by atomic mass is 35.5. The molecule has 0 spiro atoms. The van der Waals surface area contributed by atoms with Gasteiger partial charge in [0.05, 0.1) is 28.4 Å². The van der Waals surface area contributed by atoms with E-state index in [9.17, 15) is 19.2 Å². The monoisotopic (exact) mass is 705 g/mol. The van der Waals surface area contributed by atoms with Crippen LogP contribution in [0, 0.1) is 0 Å². The second-order valence-electron chi connectivity index (χ2n) is 10.8. The summed E-state index contributed by atoms with van der Waals surface area (Å²) in [5.41, 5.74) is 3.77. The zero-order chi connectivity index (χ0) is 33.9. The van der Waals surface area contributed by atoms with Gasteiger partial charge in [0.15, 0.2) is 6.29 Å². The summed E-state index contributed by atoms with van der Waals surface area (Å²) in [6, 6.07) is 17.7. The lowest BCUT2D eigenvalue weighted by Crippen LogP contribution is -2.38. The van der Waals surface area contributed by atoms with E-state index in [-0.39, 0.29) is 47.3 Å². The van der Waals surface area contributed by atoms with E-state index in [1.165, 1.54) is 17.7 Å². The summed E-state index contributed by atoms with van der Waals surface area (Å²) in [5.74, 6) is 0.226. The molecule has 0 saturated carbocycles. The lowest BCUT2D eigenvalue weighted by atomic mass is 9.97. The molecule has 14 heteroatoms. The molecule has 4 heterocycles. The summed E-state index contributed by atoms with van der Waals surface area (Å²) >= 11 is 20.0. The van der Waals surface area contributed by atoms with Crippen LogP contribution in [0.3, 0.4) is 0 Å². The molecular formula is C34H26Cl3N5O6. The maximum Gasteiger partial charge on any atom is 0.407 e. The fourth-order valence-corrected chi connectivity index (χ4v) is 6.30. The first-order chi connectivity index (χ1) is 23.2. The van der Waals surface area contributed by atoms with Crippen molar-refractivity contribution >= 4 is 58.7 Å². The minimum atomic E-state index is -0.623. The van der Waals surface area contributed by atoms with Crippen LogP contribution in [0.2, 0.25) is 15.2 Å². The Hall–Kier alpha value is -4.97.